The Morgan fingerprint density at radius 2 is 2.27 bits per heavy atom. The Bertz CT molecular complexity index is 418. The molecule has 0 N–H and O–H groups in total. The highest BCUT2D eigenvalue weighted by molar-refractivity contribution is 9.08. The summed E-state index contributed by atoms with van der Waals surface area (Å²) in [7, 11) is 0. The molecule has 0 unspecified atom stereocenters. The topological polar surface area (TPSA) is 40.9 Å². The van der Waals surface area contributed by atoms with E-state index in [2.05, 4.69) is 22.0 Å². The molecule has 0 bridgehead atoms. The molecule has 0 aliphatic carbocycles. The number of nitriles is 1. The molecule has 0 heterocycles. The zero-order valence-electron chi connectivity index (χ0n) is 8.11. The number of benzene rings is 1. The van der Waals surface area contributed by atoms with Crippen LogP contribution >= 0.6 is 15.9 Å². The van der Waals surface area contributed by atoms with Gasteiger partial charge < -0.3 is 4.79 Å². The van der Waals surface area contributed by atoms with Crippen LogP contribution in [0.5, 0.6) is 0 Å². The average Bonchev–Trinajstić information content (AvgIpc) is 2.29. The van der Waals surface area contributed by atoms with Crippen molar-refractivity contribution in [2.75, 3.05) is 0 Å². The molecule has 15 heavy (non-hydrogen) atoms. The Labute approximate surface area is 97.4 Å². The number of aldehydes is 1. The molecule has 1 aromatic rings. The van der Waals surface area contributed by atoms with Gasteiger partial charge in [-0.15, -0.1) is 0 Å². The predicted octanol–water partition coefficient (Wildman–Crippen LogP) is 3.06. The van der Waals surface area contributed by atoms with E-state index in [0.717, 1.165) is 22.7 Å². The van der Waals surface area contributed by atoms with Gasteiger partial charge in [0.25, 0.3) is 0 Å². The average molecular weight is 264 g/mol. The minimum absolute atomic E-state index is 0.401. The van der Waals surface area contributed by atoms with Gasteiger partial charge in [0.15, 0.2) is 0 Å². The smallest absolute Gasteiger partial charge is 0.123 e. The second kappa shape index (κ2) is 6.15. The zero-order valence-corrected chi connectivity index (χ0v) is 9.70. The number of nitrogens with zero attached hydrogens (tertiary/aromatic N) is 1. The summed E-state index contributed by atoms with van der Waals surface area (Å²) in [6, 6.07) is 7.60. The van der Waals surface area contributed by atoms with Crippen LogP contribution in [0.25, 0.3) is 6.08 Å². The molecule has 0 aromatic heterocycles. The van der Waals surface area contributed by atoms with Crippen LogP contribution in [-0.4, -0.2) is 6.29 Å². The molecular weight excluding hydrogens is 254 g/mol. The van der Waals surface area contributed by atoms with Crippen molar-refractivity contribution in [1.29, 1.82) is 5.26 Å². The molecule has 0 amide bonds. The normalized spacial score (nSPS) is 10.1. The lowest BCUT2D eigenvalue weighted by Crippen LogP contribution is -1.86. The standard InChI is InChI=1S/C12H10BrNO/c13-8-12-5-4-10(9-14)7-11(12)3-1-2-6-15/h1,3-7H,2,8H2. The number of rotatable bonds is 4. The summed E-state index contributed by atoms with van der Waals surface area (Å²) >= 11 is 3.38. The van der Waals surface area contributed by atoms with Crippen molar-refractivity contribution in [3.8, 4) is 6.07 Å². The third-order valence-electron chi connectivity index (χ3n) is 1.95. The lowest BCUT2D eigenvalue weighted by Gasteiger charge is -2.02. The second-order valence-electron chi connectivity index (χ2n) is 2.96. The lowest BCUT2D eigenvalue weighted by molar-refractivity contribution is -0.107. The summed E-state index contributed by atoms with van der Waals surface area (Å²) in [6.07, 6.45) is 4.90. The largest absolute Gasteiger partial charge is 0.303 e. The van der Waals surface area contributed by atoms with Gasteiger partial charge in [0.1, 0.15) is 6.29 Å². The summed E-state index contributed by atoms with van der Waals surface area (Å²) in [5.74, 6) is 0. The second-order valence-corrected chi connectivity index (χ2v) is 3.52. The van der Waals surface area contributed by atoms with Crippen LogP contribution in [0, 0.1) is 11.3 Å². The summed E-state index contributed by atoms with van der Waals surface area (Å²) in [4.78, 5) is 10.2. The first kappa shape index (κ1) is 11.7. The van der Waals surface area contributed by atoms with E-state index in [9.17, 15) is 4.79 Å². The molecular formula is C12H10BrNO. The Hall–Kier alpha value is -1.40. The number of hydrogen-bond donors (Lipinski definition) is 0. The third kappa shape index (κ3) is 3.34. The van der Waals surface area contributed by atoms with E-state index in [1.54, 1.807) is 12.1 Å². The number of carbonyl (C=O) groups is 1. The fourth-order valence-electron chi connectivity index (χ4n) is 1.19. The van der Waals surface area contributed by atoms with E-state index in [1.807, 2.05) is 18.2 Å². The first-order chi connectivity index (χ1) is 7.31. The number of alkyl halides is 1. The first-order valence-electron chi connectivity index (χ1n) is 4.51. The van der Waals surface area contributed by atoms with Crippen molar-refractivity contribution < 1.29 is 4.79 Å². The van der Waals surface area contributed by atoms with Crippen molar-refractivity contribution in [1.82, 2.24) is 0 Å². The number of halogens is 1. The van der Waals surface area contributed by atoms with Crippen LogP contribution in [0.2, 0.25) is 0 Å². The lowest BCUT2D eigenvalue weighted by atomic mass is 10.0. The molecule has 0 saturated carbocycles. The zero-order chi connectivity index (χ0) is 11.1. The van der Waals surface area contributed by atoms with Crippen molar-refractivity contribution in [3.05, 3.63) is 41.0 Å². The summed E-state index contributed by atoms with van der Waals surface area (Å²) in [5.41, 5.74) is 2.72. The van der Waals surface area contributed by atoms with Crippen LogP contribution in [0.4, 0.5) is 0 Å². The van der Waals surface area contributed by atoms with Crippen LogP contribution in [-0.2, 0) is 10.1 Å². The number of carbonyl (C=O) groups excluding carboxylic acids is 1. The highest BCUT2D eigenvalue weighted by Crippen LogP contribution is 2.16. The molecule has 1 aromatic carbocycles. The number of allylic oxidation sites excluding steroid dienone is 1. The van der Waals surface area contributed by atoms with Crippen molar-refractivity contribution in [3.63, 3.8) is 0 Å². The predicted molar refractivity (Wildman–Crippen MR) is 63.5 cm³/mol. The maximum Gasteiger partial charge on any atom is 0.123 e. The molecule has 3 heteroatoms. The van der Waals surface area contributed by atoms with Gasteiger partial charge in [-0.25, -0.2) is 0 Å². The molecule has 0 saturated heterocycles. The molecule has 0 atom stereocenters. The van der Waals surface area contributed by atoms with Crippen molar-refractivity contribution in [2.24, 2.45) is 0 Å². The van der Waals surface area contributed by atoms with E-state index in [-0.39, 0.29) is 0 Å². The van der Waals surface area contributed by atoms with E-state index in [4.69, 9.17) is 5.26 Å². The van der Waals surface area contributed by atoms with Gasteiger partial charge in [0.05, 0.1) is 11.6 Å². The molecule has 0 fully saturated rings. The first-order valence-corrected chi connectivity index (χ1v) is 5.63. The van der Waals surface area contributed by atoms with E-state index in [1.165, 1.54) is 0 Å². The summed E-state index contributed by atoms with van der Waals surface area (Å²) in [5, 5.41) is 9.49. The fraction of sp³-hybridized carbons (Fsp3) is 0.167. The molecule has 0 radical (unpaired) electrons. The minimum atomic E-state index is 0.401. The molecule has 0 aliphatic heterocycles. The summed E-state index contributed by atoms with van der Waals surface area (Å²) < 4.78 is 0. The maximum absolute atomic E-state index is 10.2. The molecule has 1 rings (SSSR count). The molecule has 0 aliphatic rings. The van der Waals surface area contributed by atoms with Gasteiger partial charge in [-0.1, -0.05) is 34.1 Å². The van der Waals surface area contributed by atoms with Crippen LogP contribution < -0.4 is 0 Å². The van der Waals surface area contributed by atoms with Crippen LogP contribution in [0.3, 0.4) is 0 Å². The van der Waals surface area contributed by atoms with Gasteiger partial charge in [0.2, 0.25) is 0 Å². The molecule has 0 spiro atoms. The Kier molecular flexibility index (Phi) is 4.79. The van der Waals surface area contributed by atoms with Gasteiger partial charge in [-0.05, 0) is 23.3 Å². The van der Waals surface area contributed by atoms with E-state index >= 15 is 0 Å². The van der Waals surface area contributed by atoms with Crippen LogP contribution in [0.15, 0.2) is 24.3 Å². The van der Waals surface area contributed by atoms with Gasteiger partial charge >= 0.3 is 0 Å². The van der Waals surface area contributed by atoms with Gasteiger partial charge in [-0.3, -0.25) is 0 Å². The Morgan fingerprint density at radius 1 is 1.47 bits per heavy atom. The van der Waals surface area contributed by atoms with Crippen LogP contribution in [0.1, 0.15) is 23.1 Å². The number of hydrogen-bond acceptors (Lipinski definition) is 2. The fourth-order valence-corrected chi connectivity index (χ4v) is 1.70. The van der Waals surface area contributed by atoms with E-state index < -0.39 is 0 Å². The molecule has 2 nitrogen and oxygen atoms in total. The quantitative estimate of drug-likeness (QED) is 0.619. The monoisotopic (exact) mass is 263 g/mol. The maximum atomic E-state index is 10.2. The molecule has 76 valence electrons. The minimum Gasteiger partial charge on any atom is -0.303 e. The Balaban J connectivity index is 3.02. The highest BCUT2D eigenvalue weighted by atomic mass is 79.9. The van der Waals surface area contributed by atoms with Gasteiger partial charge in [0, 0.05) is 11.8 Å². The van der Waals surface area contributed by atoms with Gasteiger partial charge in [-0.2, -0.15) is 5.26 Å². The highest BCUT2D eigenvalue weighted by Gasteiger charge is 1.99. The van der Waals surface area contributed by atoms with Crippen molar-refractivity contribution in [2.45, 2.75) is 11.8 Å². The SMILES string of the molecule is N#Cc1ccc(CBr)c(C=CCC=O)c1. The Morgan fingerprint density at radius 3 is 2.87 bits per heavy atom. The van der Waals surface area contributed by atoms with E-state index in [0.29, 0.717) is 12.0 Å². The van der Waals surface area contributed by atoms with Crippen molar-refractivity contribution >= 4 is 28.3 Å². The third-order valence-corrected chi connectivity index (χ3v) is 2.55. The summed E-state index contributed by atoms with van der Waals surface area (Å²) in [6.45, 7) is 0.